The summed E-state index contributed by atoms with van der Waals surface area (Å²) in [5.74, 6) is 2.79. The van der Waals surface area contributed by atoms with Crippen LogP contribution < -0.4 is 5.32 Å². The van der Waals surface area contributed by atoms with Crippen molar-refractivity contribution in [2.24, 2.45) is 23.2 Å². The molecular weight excluding hydrogens is 390 g/mol. The Morgan fingerprint density at radius 1 is 0.935 bits per heavy atom. The van der Waals surface area contributed by atoms with Gasteiger partial charge in [-0.25, -0.2) is 0 Å². The van der Waals surface area contributed by atoms with E-state index in [1.165, 1.54) is 19.3 Å². The number of likely N-dealkylation sites (tertiary alicyclic amines) is 2. The van der Waals surface area contributed by atoms with Gasteiger partial charge in [-0.1, -0.05) is 6.42 Å². The lowest BCUT2D eigenvalue weighted by Crippen LogP contribution is -2.57. The largest absolute Gasteiger partial charge is 0.354 e. The van der Waals surface area contributed by atoms with Crippen molar-refractivity contribution in [1.29, 1.82) is 0 Å². The van der Waals surface area contributed by atoms with E-state index in [4.69, 9.17) is 0 Å². The van der Waals surface area contributed by atoms with Crippen molar-refractivity contribution >= 4 is 17.7 Å². The van der Waals surface area contributed by atoms with E-state index in [1.54, 1.807) is 0 Å². The van der Waals surface area contributed by atoms with Crippen LogP contribution in [0.25, 0.3) is 0 Å². The Morgan fingerprint density at radius 2 is 1.65 bits per heavy atom. The van der Waals surface area contributed by atoms with Crippen LogP contribution in [0.15, 0.2) is 0 Å². The number of rotatable bonds is 6. The summed E-state index contributed by atoms with van der Waals surface area (Å²) in [5, 5.41) is 3.08. The van der Waals surface area contributed by atoms with Crippen LogP contribution in [0.3, 0.4) is 0 Å². The molecule has 1 N–H and O–H groups in total. The van der Waals surface area contributed by atoms with E-state index in [1.807, 2.05) is 9.80 Å². The first-order valence-electron chi connectivity index (χ1n) is 12.9. The lowest BCUT2D eigenvalue weighted by atomic mass is 9.49. The summed E-state index contributed by atoms with van der Waals surface area (Å²) in [4.78, 5) is 42.7. The molecule has 6 fully saturated rings. The van der Waals surface area contributed by atoms with Gasteiger partial charge in [-0.2, -0.15) is 0 Å². The Morgan fingerprint density at radius 3 is 2.35 bits per heavy atom. The van der Waals surface area contributed by atoms with Crippen molar-refractivity contribution in [3.63, 3.8) is 0 Å². The summed E-state index contributed by atoms with van der Waals surface area (Å²) in [5.41, 5.74) is -0.162. The number of nitrogens with one attached hydrogen (secondary N) is 1. The second kappa shape index (κ2) is 8.74. The van der Waals surface area contributed by atoms with Gasteiger partial charge in [0.15, 0.2) is 0 Å². The van der Waals surface area contributed by atoms with Gasteiger partial charge in [0.05, 0.1) is 5.41 Å². The molecule has 0 aromatic rings. The zero-order chi connectivity index (χ0) is 21.4. The highest BCUT2D eigenvalue weighted by molar-refractivity contribution is 5.91. The number of hydrogen-bond donors (Lipinski definition) is 1. The minimum Gasteiger partial charge on any atom is -0.354 e. The van der Waals surface area contributed by atoms with Crippen LogP contribution in [0.4, 0.5) is 0 Å². The highest BCUT2D eigenvalue weighted by atomic mass is 16.2. The Bertz CT molecular complexity index is 686. The molecule has 6 rings (SSSR count). The Hall–Kier alpha value is -1.59. The topological polar surface area (TPSA) is 69.7 Å². The van der Waals surface area contributed by atoms with Crippen molar-refractivity contribution < 1.29 is 14.4 Å². The fourth-order valence-corrected chi connectivity index (χ4v) is 7.83. The van der Waals surface area contributed by atoms with Gasteiger partial charge in [-0.05, 0) is 88.4 Å². The van der Waals surface area contributed by atoms with Gasteiger partial charge in [0.2, 0.25) is 17.7 Å². The molecule has 0 unspecified atom stereocenters. The minimum absolute atomic E-state index is 0.0118. The van der Waals surface area contributed by atoms with Gasteiger partial charge >= 0.3 is 0 Å². The second-order valence-electron chi connectivity index (χ2n) is 11.2. The maximum atomic E-state index is 13.7. The van der Waals surface area contributed by atoms with E-state index in [-0.39, 0.29) is 23.3 Å². The average Bonchev–Trinajstić information content (AvgIpc) is 3.14. The molecular formula is C25H39N3O3. The molecule has 31 heavy (non-hydrogen) atoms. The monoisotopic (exact) mass is 429 g/mol. The third-order valence-corrected chi connectivity index (χ3v) is 8.88. The number of carbonyl (C=O) groups excluding carboxylic acids is 3. The summed E-state index contributed by atoms with van der Waals surface area (Å²) < 4.78 is 0. The van der Waals surface area contributed by atoms with Gasteiger partial charge in [0.25, 0.3) is 0 Å². The van der Waals surface area contributed by atoms with Gasteiger partial charge < -0.3 is 15.1 Å². The Balaban J connectivity index is 1.14. The van der Waals surface area contributed by atoms with E-state index < -0.39 is 0 Å². The van der Waals surface area contributed by atoms with E-state index in [0.29, 0.717) is 18.9 Å². The van der Waals surface area contributed by atoms with Crippen molar-refractivity contribution in [2.75, 3.05) is 26.2 Å². The zero-order valence-electron chi connectivity index (χ0n) is 18.9. The molecule has 172 valence electrons. The normalized spacial score (nSPS) is 37.2. The smallest absolute Gasteiger partial charge is 0.242 e. The Labute approximate surface area is 186 Å². The molecule has 3 amide bonds. The van der Waals surface area contributed by atoms with Crippen molar-refractivity contribution in [3.8, 4) is 0 Å². The molecule has 0 aromatic heterocycles. The highest BCUT2D eigenvalue weighted by Crippen LogP contribution is 2.60. The fourth-order valence-electron chi connectivity index (χ4n) is 7.83. The third-order valence-electron chi connectivity index (χ3n) is 8.88. The van der Waals surface area contributed by atoms with Crippen LogP contribution in [-0.2, 0) is 14.4 Å². The molecule has 6 nitrogen and oxygen atoms in total. The number of carbonyl (C=O) groups is 3. The van der Waals surface area contributed by atoms with Gasteiger partial charge in [-0.15, -0.1) is 0 Å². The predicted octanol–water partition coefficient (Wildman–Crippen LogP) is 3.10. The molecule has 4 aliphatic carbocycles. The molecule has 6 heteroatoms. The minimum atomic E-state index is -0.291. The van der Waals surface area contributed by atoms with Crippen molar-refractivity contribution in [2.45, 2.75) is 89.5 Å². The highest BCUT2D eigenvalue weighted by Gasteiger charge is 2.56. The van der Waals surface area contributed by atoms with Crippen LogP contribution in [0, 0.1) is 23.2 Å². The maximum Gasteiger partial charge on any atom is 0.242 e. The third kappa shape index (κ3) is 4.23. The van der Waals surface area contributed by atoms with E-state index in [2.05, 4.69) is 5.32 Å². The average molecular weight is 430 g/mol. The molecule has 0 radical (unpaired) electrons. The molecule has 0 aromatic carbocycles. The fraction of sp³-hybridized carbons (Fsp3) is 0.880. The van der Waals surface area contributed by atoms with Gasteiger partial charge in [0.1, 0.15) is 6.04 Å². The molecule has 2 saturated heterocycles. The number of amides is 3. The summed E-state index contributed by atoms with van der Waals surface area (Å²) in [6.07, 6.45) is 13.6. The molecule has 2 heterocycles. The van der Waals surface area contributed by atoms with Crippen LogP contribution in [0.1, 0.15) is 83.5 Å². The molecule has 4 bridgehead atoms. The maximum absolute atomic E-state index is 13.7. The quantitative estimate of drug-likeness (QED) is 0.660. The first-order chi connectivity index (χ1) is 15.0. The van der Waals surface area contributed by atoms with Crippen molar-refractivity contribution in [3.05, 3.63) is 0 Å². The SMILES string of the molecule is O=C(NCCCN1CCCCCC1=O)[C@H]1CCCN1C(=O)C12CC3CC(CC(C3)C1)C2. The molecule has 1 atom stereocenters. The second-order valence-corrected chi connectivity index (χ2v) is 11.2. The summed E-state index contributed by atoms with van der Waals surface area (Å²) in [7, 11) is 0. The lowest BCUT2D eigenvalue weighted by molar-refractivity contribution is -0.160. The first-order valence-corrected chi connectivity index (χ1v) is 12.9. The lowest BCUT2D eigenvalue weighted by Gasteiger charge is -2.56. The molecule has 0 spiro atoms. The van der Waals surface area contributed by atoms with Gasteiger partial charge in [0, 0.05) is 32.6 Å². The molecule has 2 aliphatic heterocycles. The van der Waals surface area contributed by atoms with Crippen LogP contribution in [0.5, 0.6) is 0 Å². The van der Waals surface area contributed by atoms with E-state index in [0.717, 1.165) is 95.2 Å². The van der Waals surface area contributed by atoms with E-state index >= 15 is 0 Å². The summed E-state index contributed by atoms with van der Waals surface area (Å²) >= 11 is 0. The van der Waals surface area contributed by atoms with Gasteiger partial charge in [-0.3, -0.25) is 14.4 Å². The molecule has 6 aliphatic rings. The summed E-state index contributed by atoms with van der Waals surface area (Å²) in [6, 6.07) is -0.291. The Kier molecular flexibility index (Phi) is 6.00. The first kappa shape index (κ1) is 21.3. The predicted molar refractivity (Wildman–Crippen MR) is 118 cm³/mol. The van der Waals surface area contributed by atoms with Crippen LogP contribution >= 0.6 is 0 Å². The summed E-state index contributed by atoms with van der Waals surface area (Å²) in [6.45, 7) is 2.89. The van der Waals surface area contributed by atoms with E-state index in [9.17, 15) is 14.4 Å². The van der Waals surface area contributed by atoms with Crippen LogP contribution in [0.2, 0.25) is 0 Å². The standard InChI is InChI=1S/C25H39N3O3/c29-22-7-2-1-3-9-27(22)10-5-8-26-23(30)21-6-4-11-28(21)24(31)25-15-18-12-19(16-25)14-20(13-18)17-25/h18-21H,1-17H2,(H,26,30)/t18?,19?,20?,21-,25?/m1/s1. The number of nitrogens with zero attached hydrogens (tertiary/aromatic N) is 2. The van der Waals surface area contributed by atoms with Crippen molar-refractivity contribution in [1.82, 2.24) is 15.1 Å². The zero-order valence-corrected chi connectivity index (χ0v) is 18.9. The molecule has 4 saturated carbocycles. The van der Waals surface area contributed by atoms with Crippen LogP contribution in [-0.4, -0.2) is 59.7 Å². The number of hydrogen-bond acceptors (Lipinski definition) is 3.